The van der Waals surface area contributed by atoms with Crippen molar-refractivity contribution in [3.63, 3.8) is 0 Å². The highest BCUT2D eigenvalue weighted by Crippen LogP contribution is 2.23. The number of halogens is 1. The van der Waals surface area contributed by atoms with Crippen LogP contribution in [0, 0.1) is 6.92 Å². The third-order valence-electron chi connectivity index (χ3n) is 5.00. The van der Waals surface area contributed by atoms with Crippen LogP contribution in [0.25, 0.3) is 0 Å². The zero-order valence-electron chi connectivity index (χ0n) is 16.0. The van der Waals surface area contributed by atoms with Crippen LogP contribution in [0.2, 0.25) is 5.02 Å². The zero-order valence-corrected chi connectivity index (χ0v) is 16.7. The molecule has 1 N–H and O–H groups in total. The van der Waals surface area contributed by atoms with Crippen LogP contribution in [0.3, 0.4) is 0 Å². The Morgan fingerprint density at radius 3 is 2.54 bits per heavy atom. The predicted octanol–water partition coefficient (Wildman–Crippen LogP) is 4.50. The van der Waals surface area contributed by atoms with Crippen molar-refractivity contribution in [3.8, 4) is 0 Å². The normalized spacial score (nSPS) is 14.9. The number of nitrogens with one attached hydrogen (secondary N) is 1. The Labute approximate surface area is 171 Å². The molecule has 1 fully saturated rings. The van der Waals surface area contributed by atoms with Gasteiger partial charge in [0.25, 0.3) is 0 Å². The molecule has 0 aliphatic carbocycles. The van der Waals surface area contributed by atoms with Gasteiger partial charge in [-0.3, -0.25) is 4.90 Å². The number of nitrogens with zero attached hydrogens (tertiary/aromatic N) is 4. The topological polar surface area (TPSA) is 44.3 Å². The summed E-state index contributed by atoms with van der Waals surface area (Å²) in [7, 11) is 0. The van der Waals surface area contributed by atoms with Crippen molar-refractivity contribution >= 4 is 29.1 Å². The van der Waals surface area contributed by atoms with E-state index in [1.165, 1.54) is 5.56 Å². The minimum Gasteiger partial charge on any atom is -0.340 e. The first-order valence-electron chi connectivity index (χ1n) is 9.55. The van der Waals surface area contributed by atoms with E-state index in [2.05, 4.69) is 50.4 Å². The van der Waals surface area contributed by atoms with Gasteiger partial charge >= 0.3 is 0 Å². The number of hydrogen-bond acceptors (Lipinski definition) is 5. The maximum absolute atomic E-state index is 6.05. The minimum absolute atomic E-state index is 0.736. The Balaban J connectivity index is 1.38. The predicted molar refractivity (Wildman–Crippen MR) is 115 cm³/mol. The van der Waals surface area contributed by atoms with E-state index in [0.29, 0.717) is 0 Å². The molecular formula is C22H24ClN5. The van der Waals surface area contributed by atoms with Gasteiger partial charge in [-0.1, -0.05) is 41.9 Å². The van der Waals surface area contributed by atoms with Gasteiger partial charge in [0.1, 0.15) is 5.82 Å². The standard InChI is InChI=1S/C22H24ClN5/c1-17-15-19(23)7-8-20(17)25-21-9-10-24-22(26-21)28-13-11-27(12-14-28)16-18-5-3-2-4-6-18/h2-10,15H,11-14,16H2,1H3,(H,24,25,26). The number of aromatic nitrogens is 2. The van der Waals surface area contributed by atoms with E-state index in [4.69, 9.17) is 16.6 Å². The van der Waals surface area contributed by atoms with E-state index in [9.17, 15) is 0 Å². The van der Waals surface area contributed by atoms with Gasteiger partial charge in [0.15, 0.2) is 0 Å². The Hall–Kier alpha value is -2.63. The molecule has 4 rings (SSSR count). The van der Waals surface area contributed by atoms with Gasteiger partial charge in [-0.25, -0.2) is 4.98 Å². The summed E-state index contributed by atoms with van der Waals surface area (Å²) in [4.78, 5) is 13.9. The molecule has 2 aromatic carbocycles. The molecule has 5 nitrogen and oxygen atoms in total. The highest BCUT2D eigenvalue weighted by molar-refractivity contribution is 6.30. The molecule has 144 valence electrons. The minimum atomic E-state index is 0.736. The summed E-state index contributed by atoms with van der Waals surface area (Å²) in [6.07, 6.45) is 1.81. The van der Waals surface area contributed by atoms with E-state index < -0.39 is 0 Å². The highest BCUT2D eigenvalue weighted by atomic mass is 35.5. The molecule has 0 atom stereocenters. The lowest BCUT2D eigenvalue weighted by atomic mass is 10.2. The van der Waals surface area contributed by atoms with E-state index in [1.54, 1.807) is 0 Å². The molecule has 1 saturated heterocycles. The Bertz CT molecular complexity index is 923. The van der Waals surface area contributed by atoms with E-state index in [0.717, 1.165) is 60.8 Å². The van der Waals surface area contributed by atoms with Crippen LogP contribution < -0.4 is 10.2 Å². The lowest BCUT2D eigenvalue weighted by Crippen LogP contribution is -2.46. The van der Waals surface area contributed by atoms with Gasteiger partial charge in [0.05, 0.1) is 0 Å². The number of benzene rings is 2. The van der Waals surface area contributed by atoms with Crippen LogP contribution >= 0.6 is 11.6 Å². The molecule has 0 radical (unpaired) electrons. The molecule has 2 heterocycles. The molecular weight excluding hydrogens is 370 g/mol. The van der Waals surface area contributed by atoms with Crippen LogP contribution in [0.1, 0.15) is 11.1 Å². The maximum Gasteiger partial charge on any atom is 0.227 e. The van der Waals surface area contributed by atoms with Crippen molar-refractivity contribution in [2.75, 3.05) is 36.4 Å². The molecule has 0 amide bonds. The average Bonchev–Trinajstić information content (AvgIpc) is 2.72. The van der Waals surface area contributed by atoms with Crippen molar-refractivity contribution in [2.24, 2.45) is 0 Å². The molecule has 1 aliphatic heterocycles. The van der Waals surface area contributed by atoms with Gasteiger partial charge in [-0.2, -0.15) is 4.98 Å². The molecule has 0 bridgehead atoms. The zero-order chi connectivity index (χ0) is 19.3. The quantitative estimate of drug-likeness (QED) is 0.691. The van der Waals surface area contributed by atoms with Crippen LogP contribution in [0.4, 0.5) is 17.5 Å². The fourth-order valence-corrected chi connectivity index (χ4v) is 3.65. The smallest absolute Gasteiger partial charge is 0.227 e. The Kier molecular flexibility index (Phi) is 5.74. The fraction of sp³-hybridized carbons (Fsp3) is 0.273. The Morgan fingerprint density at radius 1 is 1.00 bits per heavy atom. The van der Waals surface area contributed by atoms with Crippen molar-refractivity contribution in [1.29, 1.82) is 0 Å². The Morgan fingerprint density at radius 2 is 1.79 bits per heavy atom. The van der Waals surface area contributed by atoms with E-state index in [-0.39, 0.29) is 0 Å². The third-order valence-corrected chi connectivity index (χ3v) is 5.23. The van der Waals surface area contributed by atoms with E-state index >= 15 is 0 Å². The van der Waals surface area contributed by atoms with Crippen molar-refractivity contribution < 1.29 is 0 Å². The molecule has 1 aromatic heterocycles. The lowest BCUT2D eigenvalue weighted by Gasteiger charge is -2.34. The first kappa shape index (κ1) is 18.7. The monoisotopic (exact) mass is 393 g/mol. The highest BCUT2D eigenvalue weighted by Gasteiger charge is 2.19. The van der Waals surface area contributed by atoms with Crippen LogP contribution in [0.5, 0.6) is 0 Å². The van der Waals surface area contributed by atoms with Crippen molar-refractivity contribution in [1.82, 2.24) is 14.9 Å². The SMILES string of the molecule is Cc1cc(Cl)ccc1Nc1ccnc(N2CCN(Cc3ccccc3)CC2)n1. The van der Waals surface area contributed by atoms with Crippen molar-refractivity contribution in [2.45, 2.75) is 13.5 Å². The second-order valence-electron chi connectivity index (χ2n) is 7.07. The van der Waals surface area contributed by atoms with Gasteiger partial charge in [0.2, 0.25) is 5.95 Å². The van der Waals surface area contributed by atoms with Gasteiger partial charge in [-0.05, 0) is 42.3 Å². The maximum atomic E-state index is 6.05. The second-order valence-corrected chi connectivity index (χ2v) is 7.51. The molecule has 28 heavy (non-hydrogen) atoms. The summed E-state index contributed by atoms with van der Waals surface area (Å²) in [5, 5.41) is 4.11. The fourth-order valence-electron chi connectivity index (χ4n) is 3.42. The first-order valence-corrected chi connectivity index (χ1v) is 9.92. The number of rotatable bonds is 5. The number of hydrogen-bond donors (Lipinski definition) is 1. The molecule has 0 spiro atoms. The summed E-state index contributed by atoms with van der Waals surface area (Å²) in [5.41, 5.74) is 3.45. The van der Waals surface area contributed by atoms with Gasteiger partial charge in [-0.15, -0.1) is 0 Å². The number of anilines is 3. The largest absolute Gasteiger partial charge is 0.340 e. The number of piperazine rings is 1. The summed E-state index contributed by atoms with van der Waals surface area (Å²) in [6.45, 7) is 6.89. The molecule has 0 unspecified atom stereocenters. The summed E-state index contributed by atoms with van der Waals surface area (Å²) in [6, 6.07) is 18.3. The summed E-state index contributed by atoms with van der Waals surface area (Å²) < 4.78 is 0. The first-order chi connectivity index (χ1) is 13.7. The molecule has 0 saturated carbocycles. The van der Waals surface area contributed by atoms with Crippen LogP contribution in [-0.4, -0.2) is 41.0 Å². The number of aryl methyl sites for hydroxylation is 1. The van der Waals surface area contributed by atoms with Crippen LogP contribution in [-0.2, 0) is 6.54 Å². The van der Waals surface area contributed by atoms with Crippen LogP contribution in [0.15, 0.2) is 60.8 Å². The second kappa shape index (κ2) is 8.59. The third kappa shape index (κ3) is 4.61. The molecule has 6 heteroatoms. The molecule has 1 aliphatic rings. The average molecular weight is 394 g/mol. The summed E-state index contributed by atoms with van der Waals surface area (Å²) >= 11 is 6.05. The van der Waals surface area contributed by atoms with Gasteiger partial charge < -0.3 is 10.2 Å². The lowest BCUT2D eigenvalue weighted by molar-refractivity contribution is 0.248. The van der Waals surface area contributed by atoms with Crippen molar-refractivity contribution in [3.05, 3.63) is 76.9 Å². The van der Waals surface area contributed by atoms with E-state index in [1.807, 2.05) is 37.4 Å². The molecule has 3 aromatic rings. The summed E-state index contributed by atoms with van der Waals surface area (Å²) in [5.74, 6) is 1.57. The van der Waals surface area contributed by atoms with Gasteiger partial charge in [0, 0.05) is 49.6 Å².